The lowest BCUT2D eigenvalue weighted by Crippen LogP contribution is -2.32. The van der Waals surface area contributed by atoms with Crippen molar-refractivity contribution >= 4 is 0 Å². The Kier molecular flexibility index (Phi) is 4.43. The minimum Gasteiger partial charge on any atom is -0.314 e. The molecule has 116 valence electrons. The molecule has 0 fully saturated rings. The number of rotatable bonds is 4. The minimum atomic E-state index is 0.284. The summed E-state index contributed by atoms with van der Waals surface area (Å²) < 4.78 is 2.33. The molecule has 0 saturated heterocycles. The maximum Gasteiger partial charge on any atom is 0.149 e. The zero-order chi connectivity index (χ0) is 14.8. The first-order valence-electron chi connectivity index (χ1n) is 8.49. The first kappa shape index (κ1) is 14.8. The standard InChI is InChI=1S/C17H28N4/c1-12-7-6-8-13(2)15(12)11-18-14(3)17-20-19-16-9-4-5-10-21(16)17/h7,13-15,18H,4-6,8-11H2,1-3H3/t13-,14-,15-/m0/s1. The molecule has 21 heavy (non-hydrogen) atoms. The van der Waals surface area contributed by atoms with Crippen molar-refractivity contribution in [2.45, 2.75) is 65.5 Å². The smallest absolute Gasteiger partial charge is 0.149 e. The van der Waals surface area contributed by atoms with Gasteiger partial charge in [-0.05, 0) is 51.4 Å². The molecule has 1 aromatic rings. The lowest BCUT2D eigenvalue weighted by molar-refractivity contribution is 0.334. The van der Waals surface area contributed by atoms with Crippen LogP contribution < -0.4 is 5.32 Å². The molecule has 1 aromatic heterocycles. The molecule has 0 unspecified atom stereocenters. The number of aryl methyl sites for hydroxylation is 1. The van der Waals surface area contributed by atoms with Crippen molar-refractivity contribution in [2.24, 2.45) is 11.8 Å². The lowest BCUT2D eigenvalue weighted by Gasteiger charge is -2.30. The summed E-state index contributed by atoms with van der Waals surface area (Å²) in [6, 6.07) is 0.284. The molecule has 2 aliphatic rings. The van der Waals surface area contributed by atoms with Crippen molar-refractivity contribution in [1.82, 2.24) is 20.1 Å². The Morgan fingerprint density at radius 3 is 3.05 bits per heavy atom. The summed E-state index contributed by atoms with van der Waals surface area (Å²) in [6.07, 6.45) is 8.57. The second kappa shape index (κ2) is 6.30. The summed E-state index contributed by atoms with van der Waals surface area (Å²) in [5.41, 5.74) is 1.55. The number of aromatic nitrogens is 3. The molecule has 4 nitrogen and oxygen atoms in total. The summed E-state index contributed by atoms with van der Waals surface area (Å²) in [5.74, 6) is 3.74. The summed E-state index contributed by atoms with van der Waals surface area (Å²) in [7, 11) is 0. The molecule has 1 N–H and O–H groups in total. The van der Waals surface area contributed by atoms with Crippen LogP contribution in [0.25, 0.3) is 0 Å². The van der Waals surface area contributed by atoms with Crippen LogP contribution in [0.2, 0.25) is 0 Å². The zero-order valence-corrected chi connectivity index (χ0v) is 13.6. The molecule has 0 bridgehead atoms. The molecule has 0 spiro atoms. The van der Waals surface area contributed by atoms with E-state index in [-0.39, 0.29) is 6.04 Å². The van der Waals surface area contributed by atoms with E-state index in [4.69, 9.17) is 0 Å². The normalized spacial score (nSPS) is 27.1. The molecule has 3 rings (SSSR count). The number of allylic oxidation sites excluding steroid dienone is 1. The number of nitrogens with zero attached hydrogens (tertiary/aromatic N) is 3. The van der Waals surface area contributed by atoms with Crippen molar-refractivity contribution < 1.29 is 0 Å². The van der Waals surface area contributed by atoms with Crippen molar-refractivity contribution in [2.75, 3.05) is 6.54 Å². The van der Waals surface area contributed by atoms with Crippen LogP contribution in [0.15, 0.2) is 11.6 Å². The van der Waals surface area contributed by atoms with Gasteiger partial charge in [0.05, 0.1) is 6.04 Å². The van der Waals surface area contributed by atoms with Crippen LogP contribution in [0.5, 0.6) is 0 Å². The highest BCUT2D eigenvalue weighted by molar-refractivity contribution is 5.10. The summed E-state index contributed by atoms with van der Waals surface area (Å²) >= 11 is 0. The maximum absolute atomic E-state index is 4.44. The second-order valence-corrected chi connectivity index (χ2v) is 6.82. The molecule has 0 radical (unpaired) electrons. The zero-order valence-electron chi connectivity index (χ0n) is 13.6. The van der Waals surface area contributed by atoms with Crippen molar-refractivity contribution in [1.29, 1.82) is 0 Å². The fourth-order valence-corrected chi connectivity index (χ4v) is 3.78. The molecular formula is C17H28N4. The van der Waals surface area contributed by atoms with Gasteiger partial charge < -0.3 is 9.88 Å². The predicted octanol–water partition coefficient (Wildman–Crippen LogP) is 3.26. The number of fused-ring (bicyclic) bond motifs is 1. The second-order valence-electron chi connectivity index (χ2n) is 6.82. The van der Waals surface area contributed by atoms with Crippen LogP contribution >= 0.6 is 0 Å². The first-order valence-corrected chi connectivity index (χ1v) is 8.49. The van der Waals surface area contributed by atoms with Crippen LogP contribution in [0.1, 0.15) is 64.1 Å². The van der Waals surface area contributed by atoms with Crippen LogP contribution in [0.4, 0.5) is 0 Å². The van der Waals surface area contributed by atoms with Gasteiger partial charge in [0.2, 0.25) is 0 Å². The third-order valence-electron chi connectivity index (χ3n) is 5.28. The summed E-state index contributed by atoms with van der Waals surface area (Å²) in [6.45, 7) is 9.02. The van der Waals surface area contributed by atoms with E-state index in [9.17, 15) is 0 Å². The van der Waals surface area contributed by atoms with Crippen molar-refractivity contribution in [3.8, 4) is 0 Å². The van der Waals surface area contributed by atoms with Crippen LogP contribution in [0.3, 0.4) is 0 Å². The fourth-order valence-electron chi connectivity index (χ4n) is 3.78. The van der Waals surface area contributed by atoms with E-state index in [1.807, 2.05) is 0 Å². The highest BCUT2D eigenvalue weighted by Gasteiger charge is 2.24. The molecule has 1 aliphatic carbocycles. The average Bonchev–Trinajstić information content (AvgIpc) is 2.90. The van der Waals surface area contributed by atoms with Gasteiger partial charge in [-0.25, -0.2) is 0 Å². The van der Waals surface area contributed by atoms with Gasteiger partial charge in [-0.1, -0.05) is 18.6 Å². The average molecular weight is 288 g/mol. The molecule has 0 amide bonds. The largest absolute Gasteiger partial charge is 0.314 e. The molecular weight excluding hydrogens is 260 g/mol. The van der Waals surface area contributed by atoms with Crippen molar-refractivity contribution in [3.63, 3.8) is 0 Å². The van der Waals surface area contributed by atoms with E-state index in [0.717, 1.165) is 31.3 Å². The maximum atomic E-state index is 4.44. The van der Waals surface area contributed by atoms with Crippen LogP contribution in [-0.4, -0.2) is 21.3 Å². The predicted molar refractivity (Wildman–Crippen MR) is 85.0 cm³/mol. The molecule has 3 atom stereocenters. The summed E-state index contributed by atoms with van der Waals surface area (Å²) in [4.78, 5) is 0. The van der Waals surface area contributed by atoms with Crippen molar-refractivity contribution in [3.05, 3.63) is 23.3 Å². The Bertz CT molecular complexity index is 517. The fraction of sp³-hybridized carbons (Fsp3) is 0.765. The van der Waals surface area contributed by atoms with Gasteiger partial charge in [-0.3, -0.25) is 0 Å². The van der Waals surface area contributed by atoms with Gasteiger partial charge in [0.25, 0.3) is 0 Å². The lowest BCUT2D eigenvalue weighted by atomic mass is 9.80. The molecule has 0 saturated carbocycles. The highest BCUT2D eigenvalue weighted by atomic mass is 15.3. The number of hydrogen-bond acceptors (Lipinski definition) is 3. The summed E-state index contributed by atoms with van der Waals surface area (Å²) in [5, 5.41) is 12.5. The van der Waals surface area contributed by atoms with E-state index in [1.54, 1.807) is 5.57 Å². The Labute approximate surface area is 128 Å². The third kappa shape index (κ3) is 3.05. The molecule has 4 heteroatoms. The van der Waals surface area contributed by atoms with Gasteiger partial charge in [0, 0.05) is 19.5 Å². The van der Waals surface area contributed by atoms with E-state index < -0.39 is 0 Å². The van der Waals surface area contributed by atoms with Gasteiger partial charge >= 0.3 is 0 Å². The van der Waals surface area contributed by atoms with Gasteiger partial charge in [0.1, 0.15) is 11.6 Å². The van der Waals surface area contributed by atoms with Gasteiger partial charge in [0.15, 0.2) is 0 Å². The van der Waals surface area contributed by atoms with E-state index in [1.165, 1.54) is 31.5 Å². The number of hydrogen-bond donors (Lipinski definition) is 1. The topological polar surface area (TPSA) is 42.7 Å². The monoisotopic (exact) mass is 288 g/mol. The SMILES string of the molecule is CC1=CCC[C@H](C)[C@H]1CN[C@@H](C)c1nnc2n1CCCC2. The minimum absolute atomic E-state index is 0.284. The highest BCUT2D eigenvalue weighted by Crippen LogP contribution is 2.30. The van der Waals surface area contributed by atoms with Crippen LogP contribution in [-0.2, 0) is 13.0 Å². The van der Waals surface area contributed by atoms with E-state index in [2.05, 4.69) is 46.9 Å². The molecule has 1 aliphatic heterocycles. The third-order valence-corrected chi connectivity index (χ3v) is 5.28. The number of nitrogens with one attached hydrogen (secondary N) is 1. The van der Waals surface area contributed by atoms with E-state index in [0.29, 0.717) is 5.92 Å². The first-order chi connectivity index (χ1) is 10.2. The quantitative estimate of drug-likeness (QED) is 0.865. The Morgan fingerprint density at radius 2 is 2.24 bits per heavy atom. The Morgan fingerprint density at radius 1 is 1.38 bits per heavy atom. The van der Waals surface area contributed by atoms with Gasteiger partial charge in [-0.2, -0.15) is 0 Å². The Balaban J connectivity index is 1.64. The Hall–Kier alpha value is -1.16. The van der Waals surface area contributed by atoms with Gasteiger partial charge in [-0.15, -0.1) is 10.2 Å². The van der Waals surface area contributed by atoms with Crippen LogP contribution in [0, 0.1) is 11.8 Å². The molecule has 2 heterocycles. The molecule has 0 aromatic carbocycles. The van der Waals surface area contributed by atoms with E-state index >= 15 is 0 Å².